The fourth-order valence-corrected chi connectivity index (χ4v) is 4.33. The molecular formula is C35H62O5. The molecule has 0 radical (unpaired) electrons. The first-order chi connectivity index (χ1) is 19.6. The maximum absolute atomic E-state index is 12.1. The lowest BCUT2D eigenvalue weighted by Gasteiger charge is -2.15. The molecule has 40 heavy (non-hydrogen) atoms. The van der Waals surface area contributed by atoms with Crippen molar-refractivity contribution >= 4 is 11.9 Å². The standard InChI is InChI=1S/C35H62O5/c1-3-5-7-9-11-13-15-16-17-18-20-22-24-26-28-30-35(38)40-33(31-36)32-39-34(37)29-27-25-23-21-19-14-12-10-8-6-4-2/h10-13,16-17,33,36H,3-9,14-15,18-32H2,1-2H3/t33-/m0/s1. The Labute approximate surface area is 246 Å². The van der Waals surface area contributed by atoms with E-state index in [9.17, 15) is 14.7 Å². The lowest BCUT2D eigenvalue weighted by atomic mass is 10.1. The molecule has 0 fully saturated rings. The molecule has 0 aromatic carbocycles. The molecule has 0 rings (SSSR count). The molecule has 0 aromatic heterocycles. The summed E-state index contributed by atoms with van der Waals surface area (Å²) < 4.78 is 10.5. The van der Waals surface area contributed by atoms with Crippen molar-refractivity contribution in [3.05, 3.63) is 36.5 Å². The molecule has 1 N–H and O–H groups in total. The van der Waals surface area contributed by atoms with E-state index in [4.69, 9.17) is 9.47 Å². The molecule has 0 aromatic rings. The highest BCUT2D eigenvalue weighted by atomic mass is 16.6. The predicted molar refractivity (Wildman–Crippen MR) is 168 cm³/mol. The zero-order valence-electron chi connectivity index (χ0n) is 26.1. The number of hydrogen-bond acceptors (Lipinski definition) is 5. The zero-order chi connectivity index (χ0) is 29.4. The number of carbonyl (C=O) groups is 2. The Morgan fingerprint density at radius 1 is 0.575 bits per heavy atom. The van der Waals surface area contributed by atoms with Crippen LogP contribution in [0.3, 0.4) is 0 Å². The summed E-state index contributed by atoms with van der Waals surface area (Å²) in [6.07, 6.45) is 36.2. The zero-order valence-corrected chi connectivity index (χ0v) is 26.1. The Morgan fingerprint density at radius 2 is 1.02 bits per heavy atom. The number of ether oxygens (including phenoxy) is 2. The Morgan fingerprint density at radius 3 is 1.57 bits per heavy atom. The van der Waals surface area contributed by atoms with Gasteiger partial charge in [0, 0.05) is 12.8 Å². The van der Waals surface area contributed by atoms with Gasteiger partial charge in [0.05, 0.1) is 6.61 Å². The van der Waals surface area contributed by atoms with Crippen LogP contribution in [0.5, 0.6) is 0 Å². The van der Waals surface area contributed by atoms with E-state index >= 15 is 0 Å². The quantitative estimate of drug-likeness (QED) is 0.0558. The molecule has 232 valence electrons. The van der Waals surface area contributed by atoms with Crippen molar-refractivity contribution in [1.82, 2.24) is 0 Å². The van der Waals surface area contributed by atoms with Crippen molar-refractivity contribution in [2.75, 3.05) is 13.2 Å². The van der Waals surface area contributed by atoms with Crippen LogP contribution in [0.1, 0.15) is 155 Å². The van der Waals surface area contributed by atoms with Gasteiger partial charge in [0.1, 0.15) is 6.61 Å². The van der Waals surface area contributed by atoms with Crippen LogP contribution in [0.2, 0.25) is 0 Å². The molecule has 5 nitrogen and oxygen atoms in total. The summed E-state index contributed by atoms with van der Waals surface area (Å²) in [6.45, 7) is 4.03. The van der Waals surface area contributed by atoms with Gasteiger partial charge in [0.15, 0.2) is 6.10 Å². The highest BCUT2D eigenvalue weighted by Gasteiger charge is 2.16. The third-order valence-corrected chi connectivity index (χ3v) is 6.91. The highest BCUT2D eigenvalue weighted by Crippen LogP contribution is 2.11. The second-order valence-corrected chi connectivity index (χ2v) is 10.9. The topological polar surface area (TPSA) is 72.8 Å². The van der Waals surface area contributed by atoms with E-state index in [-0.39, 0.29) is 25.2 Å². The van der Waals surface area contributed by atoms with E-state index in [0.29, 0.717) is 12.8 Å². The van der Waals surface area contributed by atoms with Gasteiger partial charge in [0.25, 0.3) is 0 Å². The van der Waals surface area contributed by atoms with Crippen LogP contribution < -0.4 is 0 Å². The van der Waals surface area contributed by atoms with Crippen molar-refractivity contribution in [3.63, 3.8) is 0 Å². The van der Waals surface area contributed by atoms with E-state index in [1.807, 2.05) is 0 Å². The smallest absolute Gasteiger partial charge is 0.306 e. The second kappa shape index (κ2) is 31.6. The molecule has 0 bridgehead atoms. The highest BCUT2D eigenvalue weighted by molar-refractivity contribution is 5.70. The molecule has 0 aliphatic rings. The van der Waals surface area contributed by atoms with Crippen LogP contribution in [0.15, 0.2) is 36.5 Å². The van der Waals surface area contributed by atoms with Gasteiger partial charge in [-0.15, -0.1) is 0 Å². The first-order valence-corrected chi connectivity index (χ1v) is 16.5. The monoisotopic (exact) mass is 562 g/mol. The number of esters is 2. The van der Waals surface area contributed by atoms with Gasteiger partial charge in [-0.2, -0.15) is 0 Å². The molecule has 0 aliphatic heterocycles. The Kier molecular flexibility index (Phi) is 30.2. The van der Waals surface area contributed by atoms with Crippen LogP contribution >= 0.6 is 0 Å². The van der Waals surface area contributed by atoms with E-state index < -0.39 is 6.10 Å². The van der Waals surface area contributed by atoms with Gasteiger partial charge in [-0.25, -0.2) is 0 Å². The summed E-state index contributed by atoms with van der Waals surface area (Å²) in [5.41, 5.74) is 0. The van der Waals surface area contributed by atoms with E-state index in [0.717, 1.165) is 64.2 Å². The molecule has 5 heteroatoms. The summed E-state index contributed by atoms with van der Waals surface area (Å²) >= 11 is 0. The van der Waals surface area contributed by atoms with Crippen molar-refractivity contribution in [1.29, 1.82) is 0 Å². The normalized spacial score (nSPS) is 12.6. The summed E-state index contributed by atoms with van der Waals surface area (Å²) in [6, 6.07) is 0. The lowest BCUT2D eigenvalue weighted by molar-refractivity contribution is -0.161. The summed E-state index contributed by atoms with van der Waals surface area (Å²) in [5, 5.41) is 9.49. The molecule has 0 amide bonds. The largest absolute Gasteiger partial charge is 0.462 e. The average Bonchev–Trinajstić information content (AvgIpc) is 2.96. The second-order valence-electron chi connectivity index (χ2n) is 10.9. The number of aliphatic hydroxyl groups excluding tert-OH is 1. The van der Waals surface area contributed by atoms with Crippen molar-refractivity contribution in [2.24, 2.45) is 0 Å². The average molecular weight is 563 g/mol. The number of rotatable bonds is 29. The summed E-state index contributed by atoms with van der Waals surface area (Å²) in [4.78, 5) is 24.1. The van der Waals surface area contributed by atoms with Gasteiger partial charge in [0.2, 0.25) is 0 Å². The Balaban J connectivity index is 3.64. The molecule has 0 saturated heterocycles. The summed E-state index contributed by atoms with van der Waals surface area (Å²) in [5.74, 6) is -0.622. The third kappa shape index (κ3) is 29.1. The maximum Gasteiger partial charge on any atom is 0.306 e. The van der Waals surface area contributed by atoms with Gasteiger partial charge in [-0.1, -0.05) is 115 Å². The predicted octanol–water partition coefficient (Wildman–Crippen LogP) is 9.72. The Hall–Kier alpha value is -1.88. The fourth-order valence-electron chi connectivity index (χ4n) is 4.33. The van der Waals surface area contributed by atoms with Crippen LogP contribution in [0, 0.1) is 0 Å². The van der Waals surface area contributed by atoms with E-state index in [1.54, 1.807) is 0 Å². The van der Waals surface area contributed by atoms with Crippen LogP contribution in [0.4, 0.5) is 0 Å². The minimum atomic E-state index is -0.778. The van der Waals surface area contributed by atoms with Crippen LogP contribution in [0.25, 0.3) is 0 Å². The first-order valence-electron chi connectivity index (χ1n) is 16.5. The van der Waals surface area contributed by atoms with Gasteiger partial charge >= 0.3 is 11.9 Å². The van der Waals surface area contributed by atoms with Crippen molar-refractivity contribution in [3.8, 4) is 0 Å². The molecule has 0 aliphatic carbocycles. The van der Waals surface area contributed by atoms with Gasteiger partial charge in [-0.3, -0.25) is 9.59 Å². The molecule has 0 heterocycles. The minimum Gasteiger partial charge on any atom is -0.462 e. The van der Waals surface area contributed by atoms with Gasteiger partial charge in [-0.05, 0) is 64.2 Å². The number of aliphatic hydroxyl groups is 1. The van der Waals surface area contributed by atoms with Crippen LogP contribution in [-0.4, -0.2) is 36.4 Å². The fraction of sp³-hybridized carbons (Fsp3) is 0.771. The number of carbonyl (C=O) groups excluding carboxylic acids is 2. The van der Waals surface area contributed by atoms with E-state index in [2.05, 4.69) is 50.3 Å². The third-order valence-electron chi connectivity index (χ3n) is 6.91. The number of hydrogen-bond donors (Lipinski definition) is 1. The molecule has 0 spiro atoms. The SMILES string of the molecule is CCCCC=CCCCCCCCC(=O)OC[C@H](CO)OC(=O)CCCCCCCC=CCC=CCCCCC. The van der Waals surface area contributed by atoms with E-state index in [1.165, 1.54) is 64.2 Å². The number of unbranched alkanes of at least 4 members (excludes halogenated alkanes) is 15. The molecule has 0 unspecified atom stereocenters. The lowest BCUT2D eigenvalue weighted by Crippen LogP contribution is -2.28. The maximum atomic E-state index is 12.1. The molecule has 1 atom stereocenters. The minimum absolute atomic E-state index is 0.0758. The Bertz CT molecular complexity index is 652. The molecular weight excluding hydrogens is 500 g/mol. The van der Waals surface area contributed by atoms with Gasteiger partial charge < -0.3 is 14.6 Å². The van der Waals surface area contributed by atoms with Crippen molar-refractivity contribution in [2.45, 2.75) is 161 Å². The summed E-state index contributed by atoms with van der Waals surface area (Å²) in [7, 11) is 0. The van der Waals surface area contributed by atoms with Crippen LogP contribution in [-0.2, 0) is 19.1 Å². The van der Waals surface area contributed by atoms with Crippen molar-refractivity contribution < 1.29 is 24.2 Å². The number of allylic oxidation sites excluding steroid dienone is 6. The molecule has 0 saturated carbocycles. The first kappa shape index (κ1) is 38.1.